The minimum Gasteiger partial charge on any atom is -0.454 e. The lowest BCUT2D eigenvalue weighted by Gasteiger charge is -2.15. The summed E-state index contributed by atoms with van der Waals surface area (Å²) in [6, 6.07) is 7.95. The molecule has 28 heavy (non-hydrogen) atoms. The summed E-state index contributed by atoms with van der Waals surface area (Å²) >= 11 is 0. The Balaban J connectivity index is 1.95. The molecule has 2 N–H and O–H groups in total. The molecule has 142 valence electrons. The Kier molecular flexibility index (Phi) is 4.11. The van der Waals surface area contributed by atoms with Crippen LogP contribution in [0.15, 0.2) is 53.6 Å². The number of hydrogen-bond donors (Lipinski definition) is 1. The van der Waals surface area contributed by atoms with Crippen molar-refractivity contribution in [1.82, 2.24) is 14.3 Å². The van der Waals surface area contributed by atoms with Crippen LogP contribution in [0.1, 0.15) is 0 Å². The fourth-order valence-corrected chi connectivity index (χ4v) is 3.14. The van der Waals surface area contributed by atoms with Crippen LogP contribution in [0.3, 0.4) is 0 Å². The number of nitrogens with zero attached hydrogens (tertiary/aromatic N) is 3. The van der Waals surface area contributed by atoms with Crippen LogP contribution >= 0.6 is 0 Å². The van der Waals surface area contributed by atoms with E-state index in [9.17, 15) is 13.6 Å². The zero-order valence-corrected chi connectivity index (χ0v) is 15.1. The number of aromatic nitrogens is 3. The van der Waals surface area contributed by atoms with E-state index in [1.807, 2.05) is 0 Å². The first-order valence-corrected chi connectivity index (χ1v) is 8.39. The van der Waals surface area contributed by atoms with E-state index < -0.39 is 11.6 Å². The smallest absolute Gasteiger partial charge is 0.261 e. The average molecular weight is 382 g/mol. The van der Waals surface area contributed by atoms with Crippen LogP contribution in [-0.4, -0.2) is 14.3 Å². The van der Waals surface area contributed by atoms with Crippen LogP contribution < -0.4 is 16.0 Å². The first kappa shape index (κ1) is 17.7. The monoisotopic (exact) mass is 382 g/mol. The van der Waals surface area contributed by atoms with Crippen LogP contribution in [0.25, 0.3) is 22.0 Å². The maximum Gasteiger partial charge on any atom is 0.261 e. The number of nitrogen functional groups attached to an aromatic ring is 1. The Bertz CT molecular complexity index is 1280. The van der Waals surface area contributed by atoms with Gasteiger partial charge in [-0.1, -0.05) is 0 Å². The number of rotatable bonds is 3. The Morgan fingerprint density at radius 1 is 1.04 bits per heavy atom. The van der Waals surface area contributed by atoms with Gasteiger partial charge in [-0.2, -0.15) is 5.10 Å². The van der Waals surface area contributed by atoms with Gasteiger partial charge < -0.3 is 15.0 Å². The number of benzene rings is 2. The van der Waals surface area contributed by atoms with Crippen molar-refractivity contribution < 1.29 is 13.5 Å². The number of hydrogen-bond acceptors (Lipinski definition) is 4. The van der Waals surface area contributed by atoms with Crippen molar-refractivity contribution in [2.24, 2.45) is 14.1 Å². The SMILES string of the molecule is Cn1cc(-c2cc(N)ccc2Oc2ccc(F)cc2F)c2c(cnn2C)c1=O. The van der Waals surface area contributed by atoms with Gasteiger partial charge in [0.1, 0.15) is 11.6 Å². The van der Waals surface area contributed by atoms with E-state index in [2.05, 4.69) is 5.10 Å². The molecule has 0 aliphatic rings. The third-order valence-corrected chi connectivity index (χ3v) is 4.48. The molecule has 4 rings (SSSR count). The first-order chi connectivity index (χ1) is 13.3. The van der Waals surface area contributed by atoms with Gasteiger partial charge in [-0.15, -0.1) is 0 Å². The number of fused-ring (bicyclic) bond motifs is 1. The predicted molar refractivity (Wildman–Crippen MR) is 102 cm³/mol. The number of anilines is 1. The number of aryl methyl sites for hydroxylation is 2. The fourth-order valence-electron chi connectivity index (χ4n) is 3.14. The van der Waals surface area contributed by atoms with Gasteiger partial charge >= 0.3 is 0 Å². The molecule has 2 aromatic heterocycles. The molecule has 8 heteroatoms. The minimum absolute atomic E-state index is 0.126. The quantitative estimate of drug-likeness (QED) is 0.550. The van der Waals surface area contributed by atoms with E-state index in [0.29, 0.717) is 33.5 Å². The summed E-state index contributed by atoms with van der Waals surface area (Å²) in [5, 5.41) is 4.61. The Hall–Kier alpha value is -3.68. The normalized spacial score (nSPS) is 11.1. The van der Waals surface area contributed by atoms with Crippen molar-refractivity contribution in [3.63, 3.8) is 0 Å². The molecule has 0 atom stereocenters. The van der Waals surface area contributed by atoms with Gasteiger partial charge in [-0.3, -0.25) is 9.48 Å². The van der Waals surface area contributed by atoms with Crippen molar-refractivity contribution in [2.45, 2.75) is 0 Å². The van der Waals surface area contributed by atoms with E-state index in [4.69, 9.17) is 10.5 Å². The highest BCUT2D eigenvalue weighted by Crippen LogP contribution is 2.38. The summed E-state index contributed by atoms with van der Waals surface area (Å²) in [6.45, 7) is 0. The van der Waals surface area contributed by atoms with Crippen LogP contribution in [0.4, 0.5) is 14.5 Å². The molecule has 0 saturated heterocycles. The highest BCUT2D eigenvalue weighted by Gasteiger charge is 2.18. The number of pyridine rings is 1. The molecule has 6 nitrogen and oxygen atoms in total. The molecule has 0 saturated carbocycles. The van der Waals surface area contributed by atoms with Crippen molar-refractivity contribution in [2.75, 3.05) is 5.73 Å². The van der Waals surface area contributed by atoms with Gasteiger partial charge in [0, 0.05) is 43.2 Å². The van der Waals surface area contributed by atoms with Gasteiger partial charge in [0.25, 0.3) is 5.56 Å². The van der Waals surface area contributed by atoms with Crippen LogP contribution in [0.2, 0.25) is 0 Å². The Labute approximate surface area is 158 Å². The molecule has 2 aromatic carbocycles. The van der Waals surface area contributed by atoms with Gasteiger partial charge in [0.15, 0.2) is 11.6 Å². The summed E-state index contributed by atoms with van der Waals surface area (Å²) < 4.78 is 36.0. The molecule has 0 aliphatic carbocycles. The summed E-state index contributed by atoms with van der Waals surface area (Å²) in [4.78, 5) is 12.4. The van der Waals surface area contributed by atoms with Crippen LogP contribution in [0, 0.1) is 11.6 Å². The molecular weight excluding hydrogens is 366 g/mol. The molecule has 0 unspecified atom stereocenters. The predicted octanol–water partition coefficient (Wildman–Crippen LogP) is 3.59. The lowest BCUT2D eigenvalue weighted by atomic mass is 10.0. The van der Waals surface area contributed by atoms with Crippen LogP contribution in [0.5, 0.6) is 11.5 Å². The molecule has 0 bridgehead atoms. The topological polar surface area (TPSA) is 75.1 Å². The third-order valence-electron chi connectivity index (χ3n) is 4.48. The Morgan fingerprint density at radius 3 is 2.54 bits per heavy atom. The number of halogens is 2. The maximum absolute atomic E-state index is 14.1. The summed E-state index contributed by atoms with van der Waals surface area (Å²) in [6.07, 6.45) is 3.14. The van der Waals surface area contributed by atoms with Gasteiger partial charge in [0.2, 0.25) is 0 Å². The average Bonchev–Trinajstić information content (AvgIpc) is 3.04. The van der Waals surface area contributed by atoms with Gasteiger partial charge in [0.05, 0.1) is 17.1 Å². The van der Waals surface area contributed by atoms with E-state index in [0.717, 1.165) is 12.1 Å². The third kappa shape index (κ3) is 2.88. The molecule has 0 fully saturated rings. The fraction of sp³-hybridized carbons (Fsp3) is 0.100. The zero-order chi connectivity index (χ0) is 20.0. The summed E-state index contributed by atoms with van der Waals surface area (Å²) in [7, 11) is 3.35. The molecule has 0 spiro atoms. The first-order valence-electron chi connectivity index (χ1n) is 8.39. The van der Waals surface area contributed by atoms with Crippen molar-refractivity contribution in [3.05, 3.63) is 70.8 Å². The second-order valence-corrected chi connectivity index (χ2v) is 6.42. The highest BCUT2D eigenvalue weighted by atomic mass is 19.1. The van der Waals surface area contributed by atoms with Crippen molar-refractivity contribution in [3.8, 4) is 22.6 Å². The second-order valence-electron chi connectivity index (χ2n) is 6.42. The Morgan fingerprint density at radius 2 is 1.79 bits per heavy atom. The summed E-state index contributed by atoms with van der Waals surface area (Å²) in [5.41, 5.74) is 8.02. The minimum atomic E-state index is -0.825. The van der Waals surface area contributed by atoms with Gasteiger partial charge in [-0.05, 0) is 30.3 Å². The lowest BCUT2D eigenvalue weighted by Crippen LogP contribution is -2.16. The zero-order valence-electron chi connectivity index (χ0n) is 15.1. The molecule has 0 aliphatic heterocycles. The van der Waals surface area contributed by atoms with E-state index >= 15 is 0 Å². The largest absolute Gasteiger partial charge is 0.454 e. The summed E-state index contributed by atoms with van der Waals surface area (Å²) in [5.74, 6) is -1.34. The van der Waals surface area contributed by atoms with E-state index in [-0.39, 0.29) is 11.3 Å². The van der Waals surface area contributed by atoms with E-state index in [1.165, 1.54) is 16.8 Å². The standard InChI is InChI=1S/C20H16F2N4O2/c1-25-10-15(19-14(20(25)27)9-24-26(19)2)13-8-12(23)4-6-17(13)28-18-5-3-11(21)7-16(18)22/h3-10H,23H2,1-2H3. The molecule has 4 aromatic rings. The van der Waals surface area contributed by atoms with Crippen molar-refractivity contribution >= 4 is 16.6 Å². The van der Waals surface area contributed by atoms with Crippen LogP contribution in [-0.2, 0) is 14.1 Å². The lowest BCUT2D eigenvalue weighted by molar-refractivity contribution is 0.439. The molecule has 2 heterocycles. The van der Waals surface area contributed by atoms with E-state index in [1.54, 1.807) is 43.2 Å². The molecular formula is C20H16F2N4O2. The van der Waals surface area contributed by atoms with Gasteiger partial charge in [-0.25, -0.2) is 8.78 Å². The highest BCUT2D eigenvalue weighted by molar-refractivity contribution is 5.95. The number of nitrogens with two attached hydrogens (primary N) is 1. The molecule has 0 radical (unpaired) electrons. The number of ether oxygens (including phenoxy) is 1. The maximum atomic E-state index is 14.1. The second kappa shape index (κ2) is 6.49. The van der Waals surface area contributed by atoms with Crippen molar-refractivity contribution in [1.29, 1.82) is 0 Å². The molecule has 0 amide bonds.